The van der Waals surface area contributed by atoms with E-state index < -0.39 is 0 Å². The third-order valence-electron chi connectivity index (χ3n) is 7.55. The maximum absolute atomic E-state index is 4.91. The van der Waals surface area contributed by atoms with Crippen molar-refractivity contribution in [2.75, 3.05) is 0 Å². The van der Waals surface area contributed by atoms with Crippen LogP contribution < -0.4 is 0 Å². The van der Waals surface area contributed by atoms with E-state index in [1.54, 1.807) is 0 Å². The Bertz CT molecular complexity index is 1560. The predicted molar refractivity (Wildman–Crippen MR) is 155 cm³/mol. The predicted octanol–water partition coefficient (Wildman–Crippen LogP) is 8.93. The summed E-state index contributed by atoms with van der Waals surface area (Å²) in [7, 11) is 0. The SMILES string of the molecule is CC1=C(c2ccc(-c3ccccc3)cc2-c2cc(C(C)(C)C)ccn2)c2ccccc2C2C=CC=CN12. The van der Waals surface area contributed by atoms with E-state index in [-0.39, 0.29) is 11.5 Å². The molecule has 1 aromatic heterocycles. The zero-order valence-electron chi connectivity index (χ0n) is 21.9. The van der Waals surface area contributed by atoms with Gasteiger partial charge in [0.15, 0.2) is 0 Å². The Hall–Kier alpha value is -4.17. The molecule has 1 unspecified atom stereocenters. The number of rotatable bonds is 3. The van der Waals surface area contributed by atoms with Crippen LogP contribution in [0.5, 0.6) is 0 Å². The number of hydrogen-bond donors (Lipinski definition) is 0. The first kappa shape index (κ1) is 23.2. The molecule has 4 aromatic rings. The summed E-state index contributed by atoms with van der Waals surface area (Å²) in [6.45, 7) is 9.02. The van der Waals surface area contributed by atoms with Gasteiger partial charge in [0.1, 0.15) is 0 Å². The molecule has 37 heavy (non-hydrogen) atoms. The van der Waals surface area contributed by atoms with Crippen LogP contribution in [0, 0.1) is 0 Å². The van der Waals surface area contributed by atoms with Crippen molar-refractivity contribution >= 4 is 5.57 Å². The van der Waals surface area contributed by atoms with Crippen LogP contribution >= 0.6 is 0 Å². The van der Waals surface area contributed by atoms with Crippen LogP contribution in [-0.4, -0.2) is 9.88 Å². The molecule has 2 aliphatic heterocycles. The summed E-state index contributed by atoms with van der Waals surface area (Å²) < 4.78 is 0. The molecule has 0 saturated heterocycles. The number of fused-ring (bicyclic) bond motifs is 3. The molecule has 0 bridgehead atoms. The molecule has 1 atom stereocenters. The molecule has 2 nitrogen and oxygen atoms in total. The highest BCUT2D eigenvalue weighted by atomic mass is 15.2. The van der Waals surface area contributed by atoms with Crippen molar-refractivity contribution in [3.05, 3.63) is 144 Å². The first-order valence-electron chi connectivity index (χ1n) is 13.0. The highest BCUT2D eigenvalue weighted by Gasteiger charge is 2.31. The Morgan fingerprint density at radius 3 is 2.32 bits per heavy atom. The van der Waals surface area contributed by atoms with Crippen LogP contribution in [0.3, 0.4) is 0 Å². The third kappa shape index (κ3) is 4.13. The molecular formula is C35H32N2. The maximum atomic E-state index is 4.91. The highest BCUT2D eigenvalue weighted by molar-refractivity contribution is 5.93. The van der Waals surface area contributed by atoms with Crippen LogP contribution in [0.1, 0.15) is 56.0 Å². The average molecular weight is 481 g/mol. The number of pyridine rings is 1. The Morgan fingerprint density at radius 1 is 0.730 bits per heavy atom. The van der Waals surface area contributed by atoms with E-state index in [9.17, 15) is 0 Å². The fraction of sp³-hybridized carbons (Fsp3) is 0.171. The van der Waals surface area contributed by atoms with Gasteiger partial charge in [0, 0.05) is 29.2 Å². The minimum Gasteiger partial charge on any atom is -0.340 e. The van der Waals surface area contributed by atoms with Gasteiger partial charge in [-0.3, -0.25) is 4.98 Å². The van der Waals surface area contributed by atoms with Crippen LogP contribution in [0.2, 0.25) is 0 Å². The second-order valence-electron chi connectivity index (χ2n) is 10.9. The van der Waals surface area contributed by atoms with Crippen LogP contribution in [0.4, 0.5) is 0 Å². The van der Waals surface area contributed by atoms with Crippen molar-refractivity contribution < 1.29 is 0 Å². The summed E-state index contributed by atoms with van der Waals surface area (Å²) in [5, 5.41) is 0. The van der Waals surface area contributed by atoms with Crippen LogP contribution in [-0.2, 0) is 5.41 Å². The summed E-state index contributed by atoms with van der Waals surface area (Å²) in [5.41, 5.74) is 12.3. The van der Waals surface area contributed by atoms with Gasteiger partial charge in [-0.15, -0.1) is 0 Å². The first-order chi connectivity index (χ1) is 17.9. The fourth-order valence-corrected chi connectivity index (χ4v) is 5.55. The second kappa shape index (κ2) is 9.05. The molecule has 0 spiro atoms. The third-order valence-corrected chi connectivity index (χ3v) is 7.55. The van der Waals surface area contributed by atoms with Gasteiger partial charge in [-0.05, 0) is 70.0 Å². The zero-order valence-corrected chi connectivity index (χ0v) is 21.9. The summed E-state index contributed by atoms with van der Waals surface area (Å²) in [6.07, 6.45) is 10.7. The van der Waals surface area contributed by atoms with Crippen molar-refractivity contribution in [1.82, 2.24) is 9.88 Å². The molecule has 3 heterocycles. The topological polar surface area (TPSA) is 16.1 Å². The summed E-state index contributed by atoms with van der Waals surface area (Å²) >= 11 is 0. The smallest absolute Gasteiger partial charge is 0.0775 e. The summed E-state index contributed by atoms with van der Waals surface area (Å²) in [5.74, 6) is 0. The van der Waals surface area contributed by atoms with E-state index in [1.807, 2.05) is 6.20 Å². The molecule has 0 N–H and O–H groups in total. The molecule has 6 rings (SSSR count). The zero-order chi connectivity index (χ0) is 25.6. The van der Waals surface area contributed by atoms with Crippen molar-refractivity contribution in [2.45, 2.75) is 39.2 Å². The van der Waals surface area contributed by atoms with Crippen molar-refractivity contribution in [1.29, 1.82) is 0 Å². The Balaban J connectivity index is 1.62. The van der Waals surface area contributed by atoms with Crippen molar-refractivity contribution in [3.8, 4) is 22.4 Å². The molecule has 0 saturated carbocycles. The fourth-order valence-electron chi connectivity index (χ4n) is 5.55. The van der Waals surface area contributed by atoms with Gasteiger partial charge in [0.05, 0.1) is 11.7 Å². The lowest BCUT2D eigenvalue weighted by Crippen LogP contribution is -2.28. The molecule has 0 fully saturated rings. The molecule has 0 amide bonds. The minimum atomic E-state index is 0.0413. The molecule has 0 aliphatic carbocycles. The number of allylic oxidation sites excluding steroid dienone is 3. The first-order valence-corrected chi connectivity index (χ1v) is 13.0. The Morgan fingerprint density at radius 2 is 1.51 bits per heavy atom. The second-order valence-corrected chi connectivity index (χ2v) is 10.9. The number of nitrogens with zero attached hydrogens (tertiary/aromatic N) is 2. The molecular weight excluding hydrogens is 448 g/mol. The van der Waals surface area contributed by atoms with E-state index in [0.29, 0.717) is 0 Å². The van der Waals surface area contributed by atoms with Gasteiger partial charge < -0.3 is 4.90 Å². The van der Waals surface area contributed by atoms with Crippen LogP contribution in [0.25, 0.3) is 28.0 Å². The van der Waals surface area contributed by atoms with E-state index in [1.165, 1.54) is 44.7 Å². The van der Waals surface area contributed by atoms with E-state index in [0.717, 1.165) is 11.3 Å². The molecule has 3 aromatic carbocycles. The minimum absolute atomic E-state index is 0.0413. The monoisotopic (exact) mass is 480 g/mol. The summed E-state index contributed by atoms with van der Waals surface area (Å²) in [4.78, 5) is 7.31. The molecule has 182 valence electrons. The van der Waals surface area contributed by atoms with Gasteiger partial charge >= 0.3 is 0 Å². The van der Waals surface area contributed by atoms with Gasteiger partial charge in [-0.1, -0.05) is 99.7 Å². The summed E-state index contributed by atoms with van der Waals surface area (Å²) in [6, 6.07) is 30.9. The van der Waals surface area contributed by atoms with Gasteiger partial charge in [-0.2, -0.15) is 0 Å². The van der Waals surface area contributed by atoms with Gasteiger partial charge in [0.25, 0.3) is 0 Å². The average Bonchev–Trinajstić information content (AvgIpc) is 2.93. The molecule has 2 aliphatic rings. The Labute approximate surface area is 220 Å². The number of benzene rings is 3. The number of hydrogen-bond acceptors (Lipinski definition) is 2. The lowest BCUT2D eigenvalue weighted by atomic mass is 9.81. The van der Waals surface area contributed by atoms with Crippen molar-refractivity contribution in [2.24, 2.45) is 0 Å². The largest absolute Gasteiger partial charge is 0.340 e. The lowest BCUT2D eigenvalue weighted by molar-refractivity contribution is 0.394. The maximum Gasteiger partial charge on any atom is 0.0775 e. The van der Waals surface area contributed by atoms with Gasteiger partial charge in [0.2, 0.25) is 0 Å². The van der Waals surface area contributed by atoms with E-state index in [4.69, 9.17) is 4.98 Å². The highest BCUT2D eigenvalue weighted by Crippen LogP contribution is 2.46. The Kier molecular flexibility index (Phi) is 5.68. The molecule has 0 radical (unpaired) electrons. The number of aromatic nitrogens is 1. The van der Waals surface area contributed by atoms with Crippen LogP contribution in [0.15, 0.2) is 121 Å². The van der Waals surface area contributed by atoms with E-state index in [2.05, 4.69) is 142 Å². The van der Waals surface area contributed by atoms with Gasteiger partial charge in [-0.25, -0.2) is 0 Å². The lowest BCUT2D eigenvalue weighted by Gasteiger charge is -2.39. The quantitative estimate of drug-likeness (QED) is 0.291. The van der Waals surface area contributed by atoms with Crippen molar-refractivity contribution in [3.63, 3.8) is 0 Å². The standard InChI is InChI=1S/C35H32N2/c1-24-34(29-15-9-8-14-28(29)33-16-10-11-21-37(24)33)30-18-17-26(25-12-6-5-7-13-25)22-31(30)32-23-27(19-20-36-32)35(2,3)4/h5-23,33H,1-4H3. The molecule has 2 heteroatoms. The van der Waals surface area contributed by atoms with E-state index >= 15 is 0 Å². The normalized spacial score (nSPS) is 16.5.